The number of benzene rings is 2. The van der Waals surface area contributed by atoms with E-state index in [4.69, 9.17) is 16.3 Å². The van der Waals surface area contributed by atoms with Crippen molar-refractivity contribution in [1.29, 1.82) is 0 Å². The molecule has 2 aromatic rings. The fraction of sp³-hybridized carbons (Fsp3) is 0.364. The Morgan fingerprint density at radius 1 is 1.14 bits per heavy atom. The molecule has 7 heteroatoms. The van der Waals surface area contributed by atoms with Crippen molar-refractivity contribution in [2.75, 3.05) is 6.61 Å². The van der Waals surface area contributed by atoms with Gasteiger partial charge in [-0.15, -0.1) is 0 Å². The summed E-state index contributed by atoms with van der Waals surface area (Å²) < 4.78 is 19.7. The Labute approximate surface area is 175 Å². The molecular formula is C22H26ClFN2O3. The second-order valence-electron chi connectivity index (χ2n) is 6.85. The lowest BCUT2D eigenvalue weighted by Crippen LogP contribution is -2.50. The molecule has 0 fully saturated rings. The van der Waals surface area contributed by atoms with Gasteiger partial charge in [0.05, 0.1) is 0 Å². The van der Waals surface area contributed by atoms with E-state index in [1.165, 1.54) is 11.0 Å². The van der Waals surface area contributed by atoms with Crippen molar-refractivity contribution < 1.29 is 18.7 Å². The molecule has 2 atom stereocenters. The normalized spacial score (nSPS) is 12.7. The topological polar surface area (TPSA) is 58.6 Å². The van der Waals surface area contributed by atoms with Crippen LogP contribution in [-0.2, 0) is 16.1 Å². The number of ether oxygens (including phenoxy) is 1. The number of nitrogens with zero attached hydrogens (tertiary/aromatic N) is 1. The molecule has 0 aliphatic heterocycles. The summed E-state index contributed by atoms with van der Waals surface area (Å²) in [6.07, 6.45) is 0.763. The van der Waals surface area contributed by atoms with Crippen LogP contribution in [0.15, 0.2) is 48.5 Å². The summed E-state index contributed by atoms with van der Waals surface area (Å²) in [6.45, 7) is 5.15. The monoisotopic (exact) mass is 420 g/mol. The summed E-state index contributed by atoms with van der Waals surface area (Å²) in [5, 5.41) is 3.42. The maximum absolute atomic E-state index is 14.1. The first kappa shape index (κ1) is 22.7. The molecule has 2 rings (SSSR count). The number of hydrogen-bond donors (Lipinski definition) is 1. The highest BCUT2D eigenvalue weighted by atomic mass is 35.5. The number of carbonyl (C=O) groups is 2. The van der Waals surface area contributed by atoms with Crippen molar-refractivity contribution in [3.63, 3.8) is 0 Å². The predicted octanol–water partition coefficient (Wildman–Crippen LogP) is 4.19. The third kappa shape index (κ3) is 6.75. The van der Waals surface area contributed by atoms with Crippen LogP contribution in [-0.4, -0.2) is 35.4 Å². The quantitative estimate of drug-likeness (QED) is 0.661. The zero-order valence-corrected chi connectivity index (χ0v) is 17.6. The van der Waals surface area contributed by atoms with E-state index in [0.717, 1.165) is 6.42 Å². The van der Waals surface area contributed by atoms with Crippen LogP contribution in [0.4, 0.5) is 4.39 Å². The summed E-state index contributed by atoms with van der Waals surface area (Å²) in [5.74, 6) is -0.672. The second kappa shape index (κ2) is 10.8. The van der Waals surface area contributed by atoms with Gasteiger partial charge < -0.3 is 15.0 Å². The third-order valence-electron chi connectivity index (χ3n) is 4.64. The molecule has 0 unspecified atom stereocenters. The van der Waals surface area contributed by atoms with E-state index in [9.17, 15) is 14.0 Å². The molecule has 0 saturated heterocycles. The molecule has 156 valence electrons. The van der Waals surface area contributed by atoms with Crippen molar-refractivity contribution >= 4 is 23.4 Å². The Morgan fingerprint density at radius 3 is 2.41 bits per heavy atom. The molecular weight excluding hydrogens is 395 g/mol. The van der Waals surface area contributed by atoms with Crippen LogP contribution in [0.25, 0.3) is 0 Å². The van der Waals surface area contributed by atoms with Gasteiger partial charge in [0.25, 0.3) is 5.91 Å². The van der Waals surface area contributed by atoms with E-state index in [2.05, 4.69) is 5.32 Å². The zero-order chi connectivity index (χ0) is 21.4. The van der Waals surface area contributed by atoms with Crippen LogP contribution in [0.5, 0.6) is 5.75 Å². The molecule has 0 bridgehead atoms. The van der Waals surface area contributed by atoms with Gasteiger partial charge in [-0.1, -0.05) is 36.7 Å². The molecule has 2 aromatic carbocycles. The largest absolute Gasteiger partial charge is 0.484 e. The minimum absolute atomic E-state index is 0.0271. The van der Waals surface area contributed by atoms with Gasteiger partial charge in [-0.2, -0.15) is 0 Å². The maximum atomic E-state index is 14.1. The number of hydrogen-bond acceptors (Lipinski definition) is 3. The summed E-state index contributed by atoms with van der Waals surface area (Å²) in [4.78, 5) is 26.8. The van der Waals surface area contributed by atoms with Gasteiger partial charge in [0.1, 0.15) is 17.6 Å². The molecule has 0 radical (unpaired) electrons. The average molecular weight is 421 g/mol. The zero-order valence-electron chi connectivity index (χ0n) is 16.8. The molecule has 0 aliphatic carbocycles. The van der Waals surface area contributed by atoms with Crippen molar-refractivity contribution in [3.05, 3.63) is 64.9 Å². The van der Waals surface area contributed by atoms with Crippen molar-refractivity contribution in [2.24, 2.45) is 0 Å². The molecule has 0 saturated carbocycles. The summed E-state index contributed by atoms with van der Waals surface area (Å²) in [6, 6.07) is 12.0. The van der Waals surface area contributed by atoms with Gasteiger partial charge >= 0.3 is 0 Å². The first-order chi connectivity index (χ1) is 13.8. The van der Waals surface area contributed by atoms with E-state index in [1.54, 1.807) is 49.4 Å². The van der Waals surface area contributed by atoms with E-state index in [1.807, 2.05) is 13.8 Å². The lowest BCUT2D eigenvalue weighted by atomic mass is 10.1. The molecule has 1 N–H and O–H groups in total. The van der Waals surface area contributed by atoms with Crippen molar-refractivity contribution in [3.8, 4) is 5.75 Å². The van der Waals surface area contributed by atoms with Crippen LogP contribution >= 0.6 is 11.6 Å². The lowest BCUT2D eigenvalue weighted by Gasteiger charge is -2.29. The van der Waals surface area contributed by atoms with E-state index >= 15 is 0 Å². The third-order valence-corrected chi connectivity index (χ3v) is 4.89. The van der Waals surface area contributed by atoms with Gasteiger partial charge in [0.15, 0.2) is 6.61 Å². The van der Waals surface area contributed by atoms with Gasteiger partial charge in [-0.05, 0) is 50.6 Å². The molecule has 0 heterocycles. The van der Waals surface area contributed by atoms with E-state index < -0.39 is 17.8 Å². The number of carbonyl (C=O) groups excluding carboxylic acids is 2. The summed E-state index contributed by atoms with van der Waals surface area (Å²) >= 11 is 5.85. The van der Waals surface area contributed by atoms with Crippen LogP contribution in [0.1, 0.15) is 32.8 Å². The molecule has 29 heavy (non-hydrogen) atoms. The number of halogens is 2. The lowest BCUT2D eigenvalue weighted by molar-refractivity contribution is -0.142. The van der Waals surface area contributed by atoms with Gasteiger partial charge in [0.2, 0.25) is 5.91 Å². The highest BCUT2D eigenvalue weighted by Gasteiger charge is 2.27. The predicted molar refractivity (Wildman–Crippen MR) is 111 cm³/mol. The highest BCUT2D eigenvalue weighted by Crippen LogP contribution is 2.17. The van der Waals surface area contributed by atoms with Gasteiger partial charge in [-0.3, -0.25) is 9.59 Å². The van der Waals surface area contributed by atoms with Crippen LogP contribution in [0.3, 0.4) is 0 Å². The number of rotatable bonds is 9. The van der Waals surface area contributed by atoms with Crippen LogP contribution in [0, 0.1) is 5.82 Å². The number of nitrogens with one attached hydrogen (secondary N) is 1. The summed E-state index contributed by atoms with van der Waals surface area (Å²) in [7, 11) is 0. The minimum Gasteiger partial charge on any atom is -0.484 e. The van der Waals surface area contributed by atoms with Crippen molar-refractivity contribution in [1.82, 2.24) is 10.2 Å². The maximum Gasteiger partial charge on any atom is 0.261 e. The SMILES string of the molecule is CC[C@H](C)NC(=O)[C@H](C)N(Cc1ccccc1F)C(=O)COc1ccc(Cl)cc1. The number of amides is 2. The van der Waals surface area contributed by atoms with E-state index in [0.29, 0.717) is 16.3 Å². The van der Waals surface area contributed by atoms with Crippen LogP contribution in [0.2, 0.25) is 5.02 Å². The fourth-order valence-corrected chi connectivity index (χ4v) is 2.74. The Balaban J connectivity index is 2.15. The second-order valence-corrected chi connectivity index (χ2v) is 7.29. The van der Waals surface area contributed by atoms with Crippen molar-refractivity contribution in [2.45, 2.75) is 45.8 Å². The first-order valence-electron chi connectivity index (χ1n) is 9.53. The molecule has 0 spiro atoms. The van der Waals surface area contributed by atoms with Crippen LogP contribution < -0.4 is 10.1 Å². The van der Waals surface area contributed by atoms with E-state index in [-0.39, 0.29) is 25.1 Å². The molecule has 0 aromatic heterocycles. The fourth-order valence-electron chi connectivity index (χ4n) is 2.62. The summed E-state index contributed by atoms with van der Waals surface area (Å²) in [5.41, 5.74) is 0.329. The molecule has 2 amide bonds. The molecule has 0 aliphatic rings. The Kier molecular flexibility index (Phi) is 8.46. The first-order valence-corrected chi connectivity index (χ1v) is 9.91. The average Bonchev–Trinajstić information content (AvgIpc) is 2.71. The molecule has 5 nitrogen and oxygen atoms in total. The van der Waals surface area contributed by atoms with Gasteiger partial charge in [0, 0.05) is 23.2 Å². The smallest absolute Gasteiger partial charge is 0.261 e. The Hall–Kier alpha value is -2.60. The standard InChI is InChI=1S/C22H26ClFN2O3/c1-4-15(2)25-22(28)16(3)26(13-17-7-5-6-8-20(17)24)21(27)14-29-19-11-9-18(23)10-12-19/h5-12,15-16H,4,13-14H2,1-3H3,(H,25,28)/t15-,16-/m0/s1. The highest BCUT2D eigenvalue weighted by molar-refractivity contribution is 6.30. The Morgan fingerprint density at radius 2 is 1.79 bits per heavy atom. The minimum atomic E-state index is -0.787. The van der Waals surface area contributed by atoms with Gasteiger partial charge in [-0.25, -0.2) is 4.39 Å². The Bertz CT molecular complexity index is 829.